The summed E-state index contributed by atoms with van der Waals surface area (Å²) < 4.78 is 31.5. The molecule has 0 aliphatic carbocycles. The number of nitrogens with two attached hydrogens (primary N) is 1. The van der Waals surface area contributed by atoms with E-state index in [1.54, 1.807) is 7.11 Å². The summed E-state index contributed by atoms with van der Waals surface area (Å²) in [4.78, 5) is 0. The van der Waals surface area contributed by atoms with Crippen molar-refractivity contribution in [3.8, 4) is 0 Å². The third-order valence-electron chi connectivity index (χ3n) is 2.37. The van der Waals surface area contributed by atoms with E-state index >= 15 is 0 Å². The van der Waals surface area contributed by atoms with Crippen molar-refractivity contribution in [1.29, 1.82) is 0 Å². The highest BCUT2D eigenvalue weighted by molar-refractivity contribution is 5.66. The summed E-state index contributed by atoms with van der Waals surface area (Å²) in [6, 6.07) is 2.32. The van der Waals surface area contributed by atoms with Gasteiger partial charge < -0.3 is 15.8 Å². The number of rotatable bonds is 4. The van der Waals surface area contributed by atoms with Crippen LogP contribution in [0, 0.1) is 11.6 Å². The Morgan fingerprint density at radius 1 is 1.38 bits per heavy atom. The Morgan fingerprint density at radius 2 is 2.00 bits per heavy atom. The van der Waals surface area contributed by atoms with Gasteiger partial charge in [0, 0.05) is 13.7 Å². The lowest BCUT2D eigenvalue weighted by molar-refractivity contribution is 0.0343. The first-order valence-electron chi connectivity index (χ1n) is 4.90. The van der Waals surface area contributed by atoms with Gasteiger partial charge in [-0.2, -0.15) is 0 Å². The van der Waals surface area contributed by atoms with Gasteiger partial charge in [0.1, 0.15) is 0 Å². The van der Waals surface area contributed by atoms with Crippen molar-refractivity contribution in [2.24, 2.45) is 0 Å². The molecule has 0 fully saturated rings. The van der Waals surface area contributed by atoms with Gasteiger partial charge in [-0.05, 0) is 26.0 Å². The Balaban J connectivity index is 2.86. The SMILES string of the molecule is COC(C)(C)CNc1c(N)ccc(F)c1F. The molecule has 0 atom stereocenters. The van der Waals surface area contributed by atoms with E-state index < -0.39 is 17.2 Å². The van der Waals surface area contributed by atoms with E-state index in [2.05, 4.69) is 5.32 Å². The summed E-state index contributed by atoms with van der Waals surface area (Å²) in [5, 5.41) is 2.75. The molecule has 1 aromatic carbocycles. The minimum absolute atomic E-state index is 0.0230. The van der Waals surface area contributed by atoms with E-state index in [4.69, 9.17) is 10.5 Å². The Labute approximate surface area is 93.6 Å². The number of anilines is 2. The van der Waals surface area contributed by atoms with Crippen molar-refractivity contribution in [1.82, 2.24) is 0 Å². The number of hydrogen-bond donors (Lipinski definition) is 2. The number of hydrogen-bond acceptors (Lipinski definition) is 3. The van der Waals surface area contributed by atoms with Crippen LogP contribution in [0.15, 0.2) is 12.1 Å². The lowest BCUT2D eigenvalue weighted by atomic mass is 10.1. The van der Waals surface area contributed by atoms with E-state index in [0.29, 0.717) is 6.54 Å². The van der Waals surface area contributed by atoms with Crippen LogP contribution in [0.25, 0.3) is 0 Å². The minimum Gasteiger partial charge on any atom is -0.397 e. The summed E-state index contributed by atoms with van der Waals surface area (Å²) in [7, 11) is 1.55. The molecule has 0 bridgehead atoms. The lowest BCUT2D eigenvalue weighted by Crippen LogP contribution is -2.32. The molecule has 0 aliphatic heterocycles. The molecular formula is C11H16F2N2O. The van der Waals surface area contributed by atoms with Crippen LogP contribution < -0.4 is 11.1 Å². The number of benzene rings is 1. The fourth-order valence-electron chi connectivity index (χ4n) is 1.12. The first-order chi connectivity index (χ1) is 7.37. The van der Waals surface area contributed by atoms with Crippen molar-refractivity contribution in [3.63, 3.8) is 0 Å². The Kier molecular flexibility index (Phi) is 3.70. The zero-order valence-corrected chi connectivity index (χ0v) is 9.60. The standard InChI is InChI=1S/C11H16F2N2O/c1-11(2,16-3)6-15-10-8(14)5-4-7(12)9(10)13/h4-5,15H,6,14H2,1-3H3. The molecule has 16 heavy (non-hydrogen) atoms. The number of halogens is 2. The maximum Gasteiger partial charge on any atom is 0.183 e. The molecule has 90 valence electrons. The molecule has 3 nitrogen and oxygen atoms in total. The molecule has 0 unspecified atom stereocenters. The molecular weight excluding hydrogens is 214 g/mol. The van der Waals surface area contributed by atoms with Crippen LogP contribution in [-0.2, 0) is 4.74 Å². The van der Waals surface area contributed by atoms with E-state index in [9.17, 15) is 8.78 Å². The molecule has 3 N–H and O–H groups in total. The predicted octanol–water partition coefficient (Wildman–Crippen LogP) is 2.38. The molecule has 0 aromatic heterocycles. The maximum absolute atomic E-state index is 13.4. The van der Waals surface area contributed by atoms with E-state index in [1.807, 2.05) is 13.8 Å². The second-order valence-electron chi connectivity index (χ2n) is 4.14. The second-order valence-corrected chi connectivity index (χ2v) is 4.14. The fraction of sp³-hybridized carbons (Fsp3) is 0.455. The molecule has 0 spiro atoms. The van der Waals surface area contributed by atoms with Gasteiger partial charge in [0.15, 0.2) is 11.6 Å². The van der Waals surface area contributed by atoms with Gasteiger partial charge in [-0.15, -0.1) is 0 Å². The van der Waals surface area contributed by atoms with Gasteiger partial charge in [-0.1, -0.05) is 0 Å². The third kappa shape index (κ3) is 2.82. The van der Waals surface area contributed by atoms with Crippen LogP contribution in [0.5, 0.6) is 0 Å². The third-order valence-corrected chi connectivity index (χ3v) is 2.37. The number of nitrogen functional groups attached to an aromatic ring is 1. The van der Waals surface area contributed by atoms with Crippen molar-refractivity contribution >= 4 is 11.4 Å². The molecule has 0 aliphatic rings. The average molecular weight is 230 g/mol. The van der Waals surface area contributed by atoms with Crippen molar-refractivity contribution in [2.45, 2.75) is 19.4 Å². The maximum atomic E-state index is 13.4. The zero-order chi connectivity index (χ0) is 12.3. The van der Waals surface area contributed by atoms with E-state index in [0.717, 1.165) is 6.07 Å². The van der Waals surface area contributed by atoms with Gasteiger partial charge in [-0.25, -0.2) is 8.78 Å². The first-order valence-corrected chi connectivity index (χ1v) is 4.90. The molecule has 0 saturated heterocycles. The summed E-state index contributed by atoms with van der Waals surface area (Å²) in [6.45, 7) is 3.98. The molecule has 0 amide bonds. The number of ether oxygens (including phenoxy) is 1. The van der Waals surface area contributed by atoms with Gasteiger partial charge >= 0.3 is 0 Å². The summed E-state index contributed by atoms with van der Waals surface area (Å²) >= 11 is 0. The normalized spacial score (nSPS) is 11.6. The monoisotopic (exact) mass is 230 g/mol. The lowest BCUT2D eigenvalue weighted by Gasteiger charge is -2.24. The highest BCUT2D eigenvalue weighted by Gasteiger charge is 2.18. The van der Waals surface area contributed by atoms with Gasteiger partial charge in [0.05, 0.1) is 17.0 Å². The van der Waals surface area contributed by atoms with Gasteiger partial charge in [-0.3, -0.25) is 0 Å². The van der Waals surface area contributed by atoms with Crippen molar-refractivity contribution in [3.05, 3.63) is 23.8 Å². The second kappa shape index (κ2) is 4.65. The van der Waals surface area contributed by atoms with Crippen molar-refractivity contribution in [2.75, 3.05) is 24.7 Å². The molecule has 1 rings (SSSR count). The average Bonchev–Trinajstić information content (AvgIpc) is 2.24. The summed E-state index contributed by atoms with van der Waals surface area (Å²) in [6.07, 6.45) is 0. The number of nitrogens with one attached hydrogen (secondary N) is 1. The van der Waals surface area contributed by atoms with Crippen LogP contribution in [-0.4, -0.2) is 19.3 Å². The van der Waals surface area contributed by atoms with Crippen molar-refractivity contribution < 1.29 is 13.5 Å². The molecule has 0 saturated carbocycles. The summed E-state index contributed by atoms with van der Waals surface area (Å²) in [5.41, 5.74) is 5.22. The molecule has 5 heteroatoms. The first kappa shape index (κ1) is 12.7. The molecule has 0 heterocycles. The van der Waals surface area contributed by atoms with Crippen LogP contribution in [0.1, 0.15) is 13.8 Å². The minimum atomic E-state index is -0.966. The zero-order valence-electron chi connectivity index (χ0n) is 9.60. The highest BCUT2D eigenvalue weighted by atomic mass is 19.2. The van der Waals surface area contributed by atoms with Crippen LogP contribution >= 0.6 is 0 Å². The smallest absolute Gasteiger partial charge is 0.183 e. The Morgan fingerprint density at radius 3 is 2.56 bits per heavy atom. The Bertz CT molecular complexity index is 380. The van der Waals surface area contributed by atoms with Crippen LogP contribution in [0.3, 0.4) is 0 Å². The van der Waals surface area contributed by atoms with Gasteiger partial charge in [0.2, 0.25) is 0 Å². The van der Waals surface area contributed by atoms with Gasteiger partial charge in [0.25, 0.3) is 0 Å². The van der Waals surface area contributed by atoms with E-state index in [1.165, 1.54) is 6.07 Å². The van der Waals surface area contributed by atoms with Crippen LogP contribution in [0.4, 0.5) is 20.2 Å². The number of methoxy groups -OCH3 is 1. The van der Waals surface area contributed by atoms with E-state index in [-0.39, 0.29) is 11.4 Å². The summed E-state index contributed by atoms with van der Waals surface area (Å²) in [5.74, 6) is -1.89. The van der Waals surface area contributed by atoms with Crippen LogP contribution in [0.2, 0.25) is 0 Å². The molecule has 0 radical (unpaired) electrons. The Hall–Kier alpha value is -1.36. The largest absolute Gasteiger partial charge is 0.397 e. The molecule has 1 aromatic rings. The highest BCUT2D eigenvalue weighted by Crippen LogP contribution is 2.25. The quantitative estimate of drug-likeness (QED) is 0.781. The predicted molar refractivity (Wildman–Crippen MR) is 60.3 cm³/mol. The topological polar surface area (TPSA) is 47.3 Å². The fourth-order valence-corrected chi connectivity index (χ4v) is 1.12.